The van der Waals surface area contributed by atoms with Crippen LogP contribution in [0.1, 0.15) is 83.1 Å². The first-order chi connectivity index (χ1) is 12.5. The predicted molar refractivity (Wildman–Crippen MR) is 112 cm³/mol. The normalized spacial score (nSPS) is 14.5. The summed E-state index contributed by atoms with van der Waals surface area (Å²) < 4.78 is 19.2. The molecule has 0 aliphatic heterocycles. The minimum atomic E-state index is -0.625. The molecular formula is C20H48O8Ti. The summed E-state index contributed by atoms with van der Waals surface area (Å²) in [6.45, 7) is 21.4. The Morgan fingerprint density at radius 1 is 0.345 bits per heavy atom. The molecule has 0 heterocycles. The van der Waals surface area contributed by atoms with Gasteiger partial charge in [0.05, 0.1) is 24.4 Å². The minimum Gasteiger partial charge on any atom is -0.368 e. The van der Waals surface area contributed by atoms with E-state index in [1.54, 1.807) is 27.7 Å². The van der Waals surface area contributed by atoms with Crippen LogP contribution in [0.4, 0.5) is 0 Å². The van der Waals surface area contributed by atoms with Gasteiger partial charge in [-0.05, 0) is 83.1 Å². The smallest absolute Gasteiger partial charge is 0.152 e. The molecule has 0 fully saturated rings. The maximum Gasteiger partial charge on any atom is 0.152 e. The average Bonchev–Trinajstić information content (AvgIpc) is 2.32. The standard InChI is InChI=1S/4C5H12O2.Ti/c4*1-4(2)7-5(3)6;/h4*4-6H,1-3H3;. The molecule has 0 rings (SSSR count). The van der Waals surface area contributed by atoms with Gasteiger partial charge in [0.25, 0.3) is 0 Å². The number of aliphatic hydroxyl groups is 4. The van der Waals surface area contributed by atoms with E-state index >= 15 is 0 Å². The fraction of sp³-hybridized carbons (Fsp3) is 1.00. The van der Waals surface area contributed by atoms with Crippen molar-refractivity contribution in [3.05, 3.63) is 0 Å². The van der Waals surface area contributed by atoms with Gasteiger partial charge >= 0.3 is 0 Å². The van der Waals surface area contributed by atoms with Gasteiger partial charge in [-0.1, -0.05) is 0 Å². The average molecular weight is 464 g/mol. The Morgan fingerprint density at radius 2 is 0.448 bits per heavy atom. The summed E-state index contributed by atoms with van der Waals surface area (Å²) in [7, 11) is 0. The third-order valence-electron chi connectivity index (χ3n) is 1.88. The van der Waals surface area contributed by atoms with Crippen LogP contribution in [0.25, 0.3) is 0 Å². The molecule has 0 amide bonds. The van der Waals surface area contributed by atoms with E-state index in [2.05, 4.69) is 0 Å². The topological polar surface area (TPSA) is 118 Å². The Bertz CT molecular complexity index is 204. The van der Waals surface area contributed by atoms with Gasteiger partial charge in [0.2, 0.25) is 0 Å². The molecule has 29 heavy (non-hydrogen) atoms. The van der Waals surface area contributed by atoms with Crippen LogP contribution in [0.3, 0.4) is 0 Å². The van der Waals surface area contributed by atoms with E-state index in [-0.39, 0.29) is 46.1 Å². The number of hydrogen-bond donors (Lipinski definition) is 4. The maximum atomic E-state index is 8.50. The van der Waals surface area contributed by atoms with Crippen molar-refractivity contribution in [1.29, 1.82) is 0 Å². The van der Waals surface area contributed by atoms with Crippen molar-refractivity contribution in [2.45, 2.75) is 133 Å². The number of ether oxygens (including phenoxy) is 4. The van der Waals surface area contributed by atoms with Crippen LogP contribution < -0.4 is 0 Å². The molecule has 0 aliphatic rings. The fourth-order valence-electron chi connectivity index (χ4n) is 1.58. The SMILES string of the molecule is CC(C)OC(C)O.CC(C)OC(C)O.CC(C)OC(C)O.CC(C)OC(C)O.[Ti]. The van der Waals surface area contributed by atoms with Gasteiger partial charge in [0.15, 0.2) is 25.2 Å². The van der Waals surface area contributed by atoms with E-state index in [1.807, 2.05) is 55.4 Å². The number of aliphatic hydroxyl groups excluding tert-OH is 4. The molecule has 8 nitrogen and oxygen atoms in total. The summed E-state index contributed by atoms with van der Waals surface area (Å²) in [5.41, 5.74) is 0. The molecule has 4 unspecified atom stereocenters. The maximum absolute atomic E-state index is 8.50. The van der Waals surface area contributed by atoms with Gasteiger partial charge < -0.3 is 39.4 Å². The molecule has 0 aromatic heterocycles. The summed E-state index contributed by atoms with van der Waals surface area (Å²) in [6.07, 6.45) is -2.00. The summed E-state index contributed by atoms with van der Waals surface area (Å²) in [6, 6.07) is 0. The van der Waals surface area contributed by atoms with E-state index in [0.29, 0.717) is 0 Å². The van der Waals surface area contributed by atoms with E-state index in [4.69, 9.17) is 39.4 Å². The third kappa shape index (κ3) is 73.6. The Kier molecular flexibility index (Phi) is 36.3. The van der Waals surface area contributed by atoms with Crippen molar-refractivity contribution in [3.8, 4) is 0 Å². The predicted octanol–water partition coefficient (Wildman–Crippen LogP) is 3.00. The first-order valence-electron chi connectivity index (χ1n) is 9.85. The molecule has 180 valence electrons. The Balaban J connectivity index is -0.0000000873. The monoisotopic (exact) mass is 464 g/mol. The van der Waals surface area contributed by atoms with Gasteiger partial charge in [0.1, 0.15) is 0 Å². The molecular weight excluding hydrogens is 416 g/mol. The number of rotatable bonds is 8. The number of hydrogen-bond acceptors (Lipinski definition) is 8. The van der Waals surface area contributed by atoms with Crippen molar-refractivity contribution < 1.29 is 61.1 Å². The van der Waals surface area contributed by atoms with Crippen LogP contribution in [-0.4, -0.2) is 70.0 Å². The molecule has 4 atom stereocenters. The molecule has 0 aromatic carbocycles. The van der Waals surface area contributed by atoms with E-state index in [9.17, 15) is 0 Å². The van der Waals surface area contributed by atoms with Crippen LogP contribution in [-0.2, 0) is 40.7 Å². The van der Waals surface area contributed by atoms with Crippen molar-refractivity contribution in [3.63, 3.8) is 0 Å². The second kappa shape index (κ2) is 26.4. The third-order valence-corrected chi connectivity index (χ3v) is 1.88. The zero-order valence-electron chi connectivity index (χ0n) is 20.5. The Hall–Kier alpha value is 0.394. The van der Waals surface area contributed by atoms with Gasteiger partial charge in [-0.25, -0.2) is 0 Å². The van der Waals surface area contributed by atoms with Gasteiger partial charge in [-0.3, -0.25) is 0 Å². The fourth-order valence-corrected chi connectivity index (χ4v) is 1.58. The zero-order valence-corrected chi connectivity index (χ0v) is 22.1. The molecule has 0 radical (unpaired) electrons. The van der Waals surface area contributed by atoms with Gasteiger partial charge in [-0.2, -0.15) is 0 Å². The second-order valence-corrected chi connectivity index (χ2v) is 7.14. The van der Waals surface area contributed by atoms with Crippen molar-refractivity contribution in [2.24, 2.45) is 0 Å². The van der Waals surface area contributed by atoms with E-state index < -0.39 is 25.2 Å². The van der Waals surface area contributed by atoms with Crippen LogP contribution in [0.5, 0.6) is 0 Å². The van der Waals surface area contributed by atoms with E-state index in [0.717, 1.165) is 0 Å². The summed E-state index contributed by atoms with van der Waals surface area (Å²) in [5.74, 6) is 0. The van der Waals surface area contributed by atoms with Crippen molar-refractivity contribution in [1.82, 2.24) is 0 Å². The van der Waals surface area contributed by atoms with Crippen LogP contribution in [0, 0.1) is 0 Å². The summed E-state index contributed by atoms with van der Waals surface area (Å²) in [4.78, 5) is 0. The minimum absolute atomic E-state index is 0. The first-order valence-corrected chi connectivity index (χ1v) is 9.85. The first kappa shape index (κ1) is 39.8. The zero-order chi connectivity index (χ0) is 23.4. The molecule has 0 saturated heterocycles. The van der Waals surface area contributed by atoms with Crippen molar-refractivity contribution >= 4 is 0 Å². The van der Waals surface area contributed by atoms with E-state index in [1.165, 1.54) is 0 Å². The van der Waals surface area contributed by atoms with Gasteiger partial charge in [-0.15, -0.1) is 0 Å². The quantitative estimate of drug-likeness (QED) is 0.320. The molecule has 0 bridgehead atoms. The Morgan fingerprint density at radius 3 is 0.448 bits per heavy atom. The van der Waals surface area contributed by atoms with Crippen LogP contribution >= 0.6 is 0 Å². The molecule has 9 heteroatoms. The van der Waals surface area contributed by atoms with Crippen LogP contribution in [0.15, 0.2) is 0 Å². The molecule has 0 aromatic rings. The Labute approximate surface area is 193 Å². The summed E-state index contributed by atoms with van der Waals surface area (Å²) in [5, 5.41) is 34.0. The largest absolute Gasteiger partial charge is 0.368 e. The van der Waals surface area contributed by atoms with Crippen LogP contribution in [0.2, 0.25) is 0 Å². The van der Waals surface area contributed by atoms with Crippen molar-refractivity contribution in [2.75, 3.05) is 0 Å². The molecule has 0 aliphatic carbocycles. The molecule has 0 spiro atoms. The second-order valence-electron chi connectivity index (χ2n) is 7.14. The molecule has 4 N–H and O–H groups in total. The molecule has 0 saturated carbocycles. The summed E-state index contributed by atoms with van der Waals surface area (Å²) >= 11 is 0. The van der Waals surface area contributed by atoms with Gasteiger partial charge in [0, 0.05) is 21.7 Å².